The summed E-state index contributed by atoms with van der Waals surface area (Å²) in [5.74, 6) is -0.333. The Hall–Kier alpha value is -4.00. The number of aryl methyl sites for hydroxylation is 1. The number of nitrogens with one attached hydrogen (secondary N) is 2. The van der Waals surface area contributed by atoms with E-state index in [1.807, 2.05) is 25.1 Å². The minimum atomic E-state index is -0.291. The molecular formula is C31H32FN5O. The van der Waals surface area contributed by atoms with Crippen LogP contribution in [-0.4, -0.2) is 27.8 Å². The predicted molar refractivity (Wildman–Crippen MR) is 147 cm³/mol. The molecule has 1 amide bonds. The van der Waals surface area contributed by atoms with E-state index >= 15 is 0 Å². The Bertz CT molecular complexity index is 1370. The highest BCUT2D eigenvalue weighted by molar-refractivity contribution is 6.08. The summed E-state index contributed by atoms with van der Waals surface area (Å²) in [6, 6.07) is 16.0. The molecule has 0 spiro atoms. The van der Waals surface area contributed by atoms with Crippen LogP contribution >= 0.6 is 0 Å². The van der Waals surface area contributed by atoms with E-state index in [0.717, 1.165) is 42.7 Å². The average molecular weight is 510 g/mol. The molecule has 0 saturated heterocycles. The Morgan fingerprint density at radius 1 is 1.18 bits per heavy atom. The quantitative estimate of drug-likeness (QED) is 0.353. The van der Waals surface area contributed by atoms with Gasteiger partial charge in [0, 0.05) is 24.0 Å². The van der Waals surface area contributed by atoms with Crippen molar-refractivity contribution in [2.45, 2.75) is 45.6 Å². The number of fused-ring (bicyclic) bond motifs is 1. The van der Waals surface area contributed by atoms with Crippen LogP contribution in [0.4, 0.5) is 10.1 Å². The number of amides is 1. The number of hydrogen-bond donors (Lipinski definition) is 2. The van der Waals surface area contributed by atoms with Crippen LogP contribution in [0.25, 0.3) is 0 Å². The zero-order valence-corrected chi connectivity index (χ0v) is 21.7. The SMILES string of the molecule is Cc1cnc(C(=O)NC(CC2CCC3=CC(=Nc4ccc(F)cc4)C(C=N)CC32C)c2ccccc2)cn1. The molecule has 0 radical (unpaired) electrons. The van der Waals surface area contributed by atoms with Gasteiger partial charge in [-0.25, -0.2) is 9.37 Å². The third kappa shape index (κ3) is 5.32. The van der Waals surface area contributed by atoms with Gasteiger partial charge in [-0.2, -0.15) is 0 Å². The fourth-order valence-electron chi connectivity index (χ4n) is 5.87. The monoisotopic (exact) mass is 509 g/mol. The molecule has 7 heteroatoms. The summed E-state index contributed by atoms with van der Waals surface area (Å²) < 4.78 is 13.4. The highest BCUT2D eigenvalue weighted by Gasteiger charge is 2.47. The highest BCUT2D eigenvalue weighted by Crippen LogP contribution is 2.56. The van der Waals surface area contributed by atoms with Crippen LogP contribution in [0.5, 0.6) is 0 Å². The molecule has 2 N–H and O–H groups in total. The zero-order chi connectivity index (χ0) is 26.7. The van der Waals surface area contributed by atoms with E-state index in [9.17, 15) is 9.18 Å². The number of halogens is 1. The normalized spacial score (nSPS) is 24.4. The van der Waals surface area contributed by atoms with Gasteiger partial charge >= 0.3 is 0 Å². The summed E-state index contributed by atoms with van der Waals surface area (Å²) in [5.41, 5.74) is 4.90. The molecule has 1 heterocycles. The second-order valence-corrected chi connectivity index (χ2v) is 10.5. The number of carbonyl (C=O) groups is 1. The van der Waals surface area contributed by atoms with Crippen LogP contribution in [0.2, 0.25) is 0 Å². The lowest BCUT2D eigenvalue weighted by atomic mass is 9.65. The minimum absolute atomic E-state index is 0.106. The number of aromatic nitrogens is 2. The van der Waals surface area contributed by atoms with Gasteiger partial charge in [-0.1, -0.05) is 42.8 Å². The second kappa shape index (κ2) is 10.8. The fourth-order valence-corrected chi connectivity index (χ4v) is 5.87. The first-order valence-corrected chi connectivity index (χ1v) is 13.1. The fraction of sp³-hybridized carbons (Fsp3) is 0.323. The van der Waals surface area contributed by atoms with Crippen molar-refractivity contribution in [3.63, 3.8) is 0 Å². The summed E-state index contributed by atoms with van der Waals surface area (Å²) in [4.78, 5) is 26.4. The highest BCUT2D eigenvalue weighted by atomic mass is 19.1. The molecule has 1 aromatic heterocycles. The topological polar surface area (TPSA) is 91.1 Å². The first-order valence-electron chi connectivity index (χ1n) is 13.1. The Labute approximate surface area is 222 Å². The first-order chi connectivity index (χ1) is 18.4. The maximum atomic E-state index is 13.4. The van der Waals surface area contributed by atoms with Gasteiger partial charge in [0.05, 0.1) is 23.6 Å². The number of benzene rings is 2. The van der Waals surface area contributed by atoms with Crippen molar-refractivity contribution < 1.29 is 9.18 Å². The van der Waals surface area contributed by atoms with Crippen molar-refractivity contribution in [1.29, 1.82) is 5.41 Å². The first kappa shape index (κ1) is 25.6. The molecular weight excluding hydrogens is 477 g/mol. The minimum Gasteiger partial charge on any atom is -0.344 e. The molecule has 194 valence electrons. The van der Waals surface area contributed by atoms with Gasteiger partial charge in [0.2, 0.25) is 0 Å². The Balaban J connectivity index is 1.41. The molecule has 4 atom stereocenters. The largest absolute Gasteiger partial charge is 0.344 e. The third-order valence-corrected chi connectivity index (χ3v) is 8.07. The molecule has 2 aromatic carbocycles. The molecule has 5 rings (SSSR count). The Morgan fingerprint density at radius 2 is 1.95 bits per heavy atom. The number of nitrogens with zero attached hydrogens (tertiary/aromatic N) is 3. The molecule has 4 unspecified atom stereocenters. The Kier molecular flexibility index (Phi) is 7.27. The van der Waals surface area contributed by atoms with Crippen LogP contribution in [0.3, 0.4) is 0 Å². The van der Waals surface area contributed by atoms with Gasteiger partial charge in [-0.3, -0.25) is 14.8 Å². The summed E-state index contributed by atoms with van der Waals surface area (Å²) >= 11 is 0. The molecule has 38 heavy (non-hydrogen) atoms. The van der Waals surface area contributed by atoms with Gasteiger partial charge in [0.1, 0.15) is 11.5 Å². The van der Waals surface area contributed by atoms with Crippen LogP contribution in [0, 0.1) is 35.4 Å². The molecule has 1 fully saturated rings. The van der Waals surface area contributed by atoms with E-state index in [1.54, 1.807) is 18.3 Å². The summed E-state index contributed by atoms with van der Waals surface area (Å²) in [7, 11) is 0. The van der Waals surface area contributed by atoms with Crippen molar-refractivity contribution in [1.82, 2.24) is 15.3 Å². The lowest BCUT2D eigenvalue weighted by Crippen LogP contribution is -2.37. The van der Waals surface area contributed by atoms with Crippen molar-refractivity contribution in [3.05, 3.63) is 101 Å². The van der Waals surface area contributed by atoms with E-state index in [2.05, 4.69) is 40.4 Å². The standard InChI is InChI=1S/C31H32FN5O/c1-20-18-35-29(19-34-20)30(38)37-27(21-6-4-3-5-7-21)14-23-8-9-24-15-28(22(17-33)16-31(23,24)2)36-26-12-10-25(32)11-13-26/h3-7,10-13,15,17-19,22-23,27,33H,8-9,14,16H2,1-2H3,(H,37,38). The number of aliphatic imine (C=N–C) groups is 1. The molecule has 2 aliphatic carbocycles. The predicted octanol–water partition coefficient (Wildman–Crippen LogP) is 6.57. The van der Waals surface area contributed by atoms with Crippen LogP contribution in [0.1, 0.15) is 60.4 Å². The molecule has 0 aliphatic heterocycles. The molecule has 0 bridgehead atoms. The van der Waals surface area contributed by atoms with Crippen LogP contribution in [0.15, 0.2) is 83.6 Å². The van der Waals surface area contributed by atoms with E-state index < -0.39 is 0 Å². The number of hydrogen-bond acceptors (Lipinski definition) is 5. The van der Waals surface area contributed by atoms with Crippen molar-refractivity contribution in [2.75, 3.05) is 0 Å². The van der Waals surface area contributed by atoms with Crippen LogP contribution in [-0.2, 0) is 0 Å². The number of rotatable bonds is 7. The van der Waals surface area contributed by atoms with Gasteiger partial charge in [-0.05, 0) is 79.8 Å². The number of carbonyl (C=O) groups excluding carboxylic acids is 1. The van der Waals surface area contributed by atoms with Crippen LogP contribution < -0.4 is 5.32 Å². The van der Waals surface area contributed by atoms with E-state index in [-0.39, 0.29) is 29.1 Å². The zero-order valence-electron chi connectivity index (χ0n) is 21.7. The van der Waals surface area contributed by atoms with Crippen molar-refractivity contribution in [3.8, 4) is 0 Å². The smallest absolute Gasteiger partial charge is 0.271 e. The molecule has 2 aliphatic rings. The lowest BCUT2D eigenvalue weighted by Gasteiger charge is -2.40. The van der Waals surface area contributed by atoms with Crippen molar-refractivity contribution in [2.24, 2.45) is 22.2 Å². The summed E-state index contributed by atoms with van der Waals surface area (Å²) in [6.45, 7) is 4.13. The molecule has 1 saturated carbocycles. The van der Waals surface area contributed by atoms with Gasteiger partial charge in [0.15, 0.2) is 0 Å². The molecule has 6 nitrogen and oxygen atoms in total. The second-order valence-electron chi connectivity index (χ2n) is 10.5. The van der Waals surface area contributed by atoms with Crippen molar-refractivity contribution >= 4 is 23.5 Å². The third-order valence-electron chi connectivity index (χ3n) is 8.07. The van der Waals surface area contributed by atoms with E-state index in [1.165, 1.54) is 30.1 Å². The average Bonchev–Trinajstić information content (AvgIpc) is 3.24. The van der Waals surface area contributed by atoms with E-state index in [0.29, 0.717) is 17.3 Å². The summed E-state index contributed by atoms with van der Waals surface area (Å²) in [6.07, 6.45) is 10.3. The Morgan fingerprint density at radius 3 is 2.63 bits per heavy atom. The number of allylic oxidation sites excluding steroid dienone is 2. The van der Waals surface area contributed by atoms with E-state index in [4.69, 9.17) is 10.4 Å². The summed E-state index contributed by atoms with van der Waals surface area (Å²) in [5, 5.41) is 11.4. The van der Waals surface area contributed by atoms with Gasteiger partial charge < -0.3 is 10.7 Å². The maximum absolute atomic E-state index is 13.4. The maximum Gasteiger partial charge on any atom is 0.271 e. The molecule has 3 aromatic rings. The van der Waals surface area contributed by atoms with Gasteiger partial charge in [0.25, 0.3) is 5.91 Å². The van der Waals surface area contributed by atoms with Gasteiger partial charge in [-0.15, -0.1) is 0 Å². The lowest BCUT2D eigenvalue weighted by molar-refractivity contribution is 0.0916.